The van der Waals surface area contributed by atoms with E-state index in [1.54, 1.807) is 0 Å². The molecular formula is C13H17F3N2O2. The molecule has 0 bridgehead atoms. The fraction of sp³-hybridized carbons (Fsp3) is 0.846. The van der Waals surface area contributed by atoms with Crippen molar-refractivity contribution in [2.75, 3.05) is 0 Å². The monoisotopic (exact) mass is 290 g/mol. The Balaban J connectivity index is 1.99. The summed E-state index contributed by atoms with van der Waals surface area (Å²) >= 11 is 0. The molecule has 1 heterocycles. The molecule has 1 amide bonds. The molecule has 7 heteroatoms. The number of rotatable bonds is 1. The van der Waals surface area contributed by atoms with Gasteiger partial charge >= 0.3 is 6.18 Å². The molecule has 0 unspecified atom stereocenters. The van der Waals surface area contributed by atoms with Crippen LogP contribution in [0.2, 0.25) is 0 Å². The first-order chi connectivity index (χ1) is 9.35. The summed E-state index contributed by atoms with van der Waals surface area (Å²) in [7, 11) is 0. The maximum Gasteiger partial charge on any atom is 0.439 e. The van der Waals surface area contributed by atoms with E-state index in [0.717, 1.165) is 12.8 Å². The van der Waals surface area contributed by atoms with Crippen molar-refractivity contribution in [3.05, 3.63) is 0 Å². The van der Waals surface area contributed by atoms with Crippen LogP contribution < -0.4 is 0 Å². The van der Waals surface area contributed by atoms with E-state index in [1.807, 2.05) is 0 Å². The second-order valence-electron chi connectivity index (χ2n) is 5.89. The van der Waals surface area contributed by atoms with E-state index < -0.39 is 29.6 Å². The molecule has 3 aliphatic rings. The molecular weight excluding hydrogens is 273 g/mol. The third-order valence-electron chi connectivity index (χ3n) is 4.42. The number of hydrogen-bond acceptors (Lipinski definition) is 3. The highest BCUT2D eigenvalue weighted by molar-refractivity contribution is 5.93. The fourth-order valence-corrected chi connectivity index (χ4v) is 3.12. The lowest BCUT2D eigenvalue weighted by molar-refractivity contribution is -0.317. The molecule has 2 aliphatic carbocycles. The van der Waals surface area contributed by atoms with Gasteiger partial charge in [-0.1, -0.05) is 12.8 Å². The first-order valence-electron chi connectivity index (χ1n) is 7.06. The van der Waals surface area contributed by atoms with Crippen LogP contribution in [0.25, 0.3) is 0 Å². The van der Waals surface area contributed by atoms with Gasteiger partial charge in [-0.25, -0.2) is 0 Å². The van der Waals surface area contributed by atoms with Gasteiger partial charge in [0.25, 0.3) is 5.72 Å². The zero-order valence-corrected chi connectivity index (χ0v) is 11.0. The third-order valence-corrected chi connectivity index (χ3v) is 4.42. The van der Waals surface area contributed by atoms with Crippen LogP contribution in [0.4, 0.5) is 13.2 Å². The molecule has 4 nitrogen and oxygen atoms in total. The van der Waals surface area contributed by atoms with Crippen LogP contribution >= 0.6 is 0 Å². The Morgan fingerprint density at radius 1 is 1.25 bits per heavy atom. The van der Waals surface area contributed by atoms with Crippen LogP contribution in [-0.2, 0) is 4.79 Å². The third kappa shape index (κ3) is 1.94. The second-order valence-corrected chi connectivity index (χ2v) is 5.89. The number of fused-ring (bicyclic) bond motifs is 1. The van der Waals surface area contributed by atoms with Gasteiger partial charge in [-0.2, -0.15) is 23.3 Å². The molecule has 0 aromatic carbocycles. The van der Waals surface area contributed by atoms with Crippen LogP contribution in [-0.4, -0.2) is 33.6 Å². The molecule has 0 aromatic rings. The number of alkyl halides is 3. The molecule has 0 spiro atoms. The van der Waals surface area contributed by atoms with Gasteiger partial charge in [0, 0.05) is 11.6 Å². The number of halogens is 3. The zero-order valence-electron chi connectivity index (χ0n) is 11.0. The predicted octanol–water partition coefficient (Wildman–Crippen LogP) is 2.43. The molecule has 0 aromatic heterocycles. The molecule has 0 saturated heterocycles. The summed E-state index contributed by atoms with van der Waals surface area (Å²) in [4.78, 5) is 12.1. The minimum Gasteiger partial charge on any atom is -0.362 e. The van der Waals surface area contributed by atoms with Gasteiger partial charge in [0.05, 0.1) is 5.92 Å². The summed E-state index contributed by atoms with van der Waals surface area (Å²) in [5.74, 6) is -2.20. The molecule has 20 heavy (non-hydrogen) atoms. The lowest BCUT2D eigenvalue weighted by Gasteiger charge is -2.37. The predicted molar refractivity (Wildman–Crippen MR) is 64.6 cm³/mol. The highest BCUT2D eigenvalue weighted by Crippen LogP contribution is 2.49. The van der Waals surface area contributed by atoms with Gasteiger partial charge in [-0.15, -0.1) is 0 Å². The Bertz CT molecular complexity index is 459. The number of carbonyl (C=O) groups is 1. The van der Waals surface area contributed by atoms with Crippen molar-refractivity contribution < 1.29 is 23.1 Å². The molecule has 1 N–H and O–H groups in total. The van der Waals surface area contributed by atoms with Crippen molar-refractivity contribution >= 4 is 11.6 Å². The standard InChI is InChI=1S/C13H17F3N2O2/c14-13(15,16)12(20)9-4-2-1-3-5-10(9)17-18(12)11(19)8-6-7-8/h8-9,20H,1-7H2/t9-,12-/m0/s1. The van der Waals surface area contributed by atoms with Gasteiger partial charge in [-0.3, -0.25) is 4.79 Å². The maximum absolute atomic E-state index is 13.4. The Morgan fingerprint density at radius 3 is 2.55 bits per heavy atom. The zero-order chi connectivity index (χ0) is 14.5. The molecule has 1 aliphatic heterocycles. The number of hydrogen-bond donors (Lipinski definition) is 1. The summed E-state index contributed by atoms with van der Waals surface area (Å²) in [5.41, 5.74) is -2.82. The number of amides is 1. The summed E-state index contributed by atoms with van der Waals surface area (Å²) < 4.78 is 40.3. The first kappa shape index (κ1) is 13.9. The minimum atomic E-state index is -4.89. The number of hydrazone groups is 1. The van der Waals surface area contributed by atoms with Crippen molar-refractivity contribution in [1.29, 1.82) is 0 Å². The van der Waals surface area contributed by atoms with Crippen LogP contribution in [0.15, 0.2) is 5.10 Å². The molecule has 3 rings (SSSR count). The summed E-state index contributed by atoms with van der Waals surface area (Å²) in [6.07, 6.45) is -0.863. The number of nitrogens with zero attached hydrogens (tertiary/aromatic N) is 2. The summed E-state index contributed by atoms with van der Waals surface area (Å²) in [6.45, 7) is 0. The lowest BCUT2D eigenvalue weighted by Crippen LogP contribution is -2.61. The Morgan fingerprint density at radius 2 is 1.95 bits per heavy atom. The smallest absolute Gasteiger partial charge is 0.362 e. The lowest BCUT2D eigenvalue weighted by atomic mass is 9.87. The van der Waals surface area contributed by atoms with Crippen LogP contribution in [0.5, 0.6) is 0 Å². The van der Waals surface area contributed by atoms with Crippen molar-refractivity contribution in [2.24, 2.45) is 16.9 Å². The molecule has 2 atom stereocenters. The van der Waals surface area contributed by atoms with Crippen molar-refractivity contribution in [3.8, 4) is 0 Å². The largest absolute Gasteiger partial charge is 0.439 e. The van der Waals surface area contributed by atoms with E-state index in [0.29, 0.717) is 36.4 Å². The number of carbonyl (C=O) groups excluding carboxylic acids is 1. The molecule has 112 valence electrons. The van der Waals surface area contributed by atoms with E-state index in [2.05, 4.69) is 5.10 Å². The SMILES string of the molecule is O=C(C1CC1)N1N=C2CCCCC[C@@H]2[C@]1(O)C(F)(F)F. The Labute approximate surface area is 114 Å². The van der Waals surface area contributed by atoms with E-state index in [-0.39, 0.29) is 6.42 Å². The Kier molecular flexibility index (Phi) is 3.08. The normalized spacial score (nSPS) is 34.5. The van der Waals surface area contributed by atoms with E-state index in [9.17, 15) is 23.1 Å². The highest BCUT2D eigenvalue weighted by atomic mass is 19.4. The first-order valence-corrected chi connectivity index (χ1v) is 7.06. The summed E-state index contributed by atoms with van der Waals surface area (Å²) in [5, 5.41) is 14.5. The van der Waals surface area contributed by atoms with Crippen molar-refractivity contribution in [1.82, 2.24) is 5.01 Å². The molecule has 0 radical (unpaired) electrons. The number of aliphatic hydroxyl groups is 1. The molecule has 2 saturated carbocycles. The average Bonchev–Trinajstić information content (AvgIpc) is 3.17. The molecule has 2 fully saturated rings. The van der Waals surface area contributed by atoms with Gasteiger partial charge in [-0.05, 0) is 32.1 Å². The summed E-state index contributed by atoms with van der Waals surface area (Å²) in [6, 6.07) is 0. The van der Waals surface area contributed by atoms with E-state index in [4.69, 9.17) is 0 Å². The van der Waals surface area contributed by atoms with Gasteiger partial charge in [0.15, 0.2) is 0 Å². The topological polar surface area (TPSA) is 52.9 Å². The van der Waals surface area contributed by atoms with Crippen LogP contribution in [0.1, 0.15) is 44.9 Å². The van der Waals surface area contributed by atoms with E-state index >= 15 is 0 Å². The van der Waals surface area contributed by atoms with Crippen molar-refractivity contribution in [2.45, 2.75) is 56.8 Å². The van der Waals surface area contributed by atoms with Crippen molar-refractivity contribution in [3.63, 3.8) is 0 Å². The van der Waals surface area contributed by atoms with Gasteiger partial charge in [0.1, 0.15) is 0 Å². The minimum absolute atomic E-state index is 0.225. The van der Waals surface area contributed by atoms with Gasteiger partial charge < -0.3 is 5.11 Å². The average molecular weight is 290 g/mol. The maximum atomic E-state index is 13.4. The Hall–Kier alpha value is -1.11. The van der Waals surface area contributed by atoms with Gasteiger partial charge in [0.2, 0.25) is 5.91 Å². The van der Waals surface area contributed by atoms with Crippen LogP contribution in [0, 0.1) is 11.8 Å². The fourth-order valence-electron chi connectivity index (χ4n) is 3.12. The van der Waals surface area contributed by atoms with Crippen LogP contribution in [0.3, 0.4) is 0 Å². The quantitative estimate of drug-likeness (QED) is 0.806. The highest BCUT2D eigenvalue weighted by Gasteiger charge is 2.68. The second kappa shape index (κ2) is 4.44. The van der Waals surface area contributed by atoms with E-state index in [1.165, 1.54) is 0 Å².